The van der Waals surface area contributed by atoms with Crippen LogP contribution in [0.25, 0.3) is 0 Å². The molecule has 0 unspecified atom stereocenters. The van der Waals surface area contributed by atoms with Gasteiger partial charge < -0.3 is 5.11 Å². The maximum Gasteiger partial charge on any atom is 0.0583 e. The van der Waals surface area contributed by atoms with Gasteiger partial charge in [-0.1, -0.05) is 76.8 Å². The fourth-order valence-corrected chi connectivity index (χ4v) is 6.66. The Bertz CT molecular complexity index is 610. The van der Waals surface area contributed by atoms with Crippen LogP contribution in [-0.2, 0) is 0 Å². The van der Waals surface area contributed by atoms with E-state index in [1.54, 1.807) is 5.57 Å². The van der Waals surface area contributed by atoms with Crippen molar-refractivity contribution >= 4 is 0 Å². The highest BCUT2D eigenvalue weighted by Crippen LogP contribution is 2.59. The molecule has 1 nitrogen and oxygen atoms in total. The molecule has 1 heteroatoms. The van der Waals surface area contributed by atoms with Crippen LogP contribution in [-0.4, -0.2) is 11.2 Å². The van der Waals surface area contributed by atoms with E-state index in [0.29, 0.717) is 5.41 Å². The predicted molar refractivity (Wildman–Crippen MR) is 121 cm³/mol. The van der Waals surface area contributed by atoms with Gasteiger partial charge in [0.1, 0.15) is 0 Å². The first-order valence-electron chi connectivity index (χ1n) is 12.1. The smallest absolute Gasteiger partial charge is 0.0583 e. The SMILES string of the molecule is CC(C)CCC[C@@H](C)[C@H]1CC[C@H]2/C(=[13CH]\C=C3\C[C@@H](O)CCC3=[13CH2])[13CH2]CC[C@]12C. The first-order chi connectivity index (χ1) is 13.3. The van der Waals surface area contributed by atoms with E-state index in [9.17, 15) is 5.11 Å². The van der Waals surface area contributed by atoms with Crippen molar-refractivity contribution < 1.29 is 5.11 Å². The molecular weight excluding hydrogens is 343 g/mol. The summed E-state index contributed by atoms with van der Waals surface area (Å²) in [6.45, 7) is 14.1. The van der Waals surface area contributed by atoms with Crippen molar-refractivity contribution in [3.63, 3.8) is 0 Å². The molecule has 158 valence electrons. The predicted octanol–water partition coefficient (Wildman–Crippen LogP) is 7.62. The van der Waals surface area contributed by atoms with Crippen molar-refractivity contribution in [1.82, 2.24) is 0 Å². The molecule has 0 aromatic carbocycles. The summed E-state index contributed by atoms with van der Waals surface area (Å²) in [5, 5.41) is 10.0. The Morgan fingerprint density at radius 1 is 1.11 bits per heavy atom. The maximum atomic E-state index is 10.0. The lowest BCUT2D eigenvalue weighted by molar-refractivity contribution is 0.0929. The average Bonchev–Trinajstić information content (AvgIpc) is 2.99. The van der Waals surface area contributed by atoms with Crippen molar-refractivity contribution in [3.8, 4) is 0 Å². The Hall–Kier alpha value is -0.820. The third-order valence-electron chi connectivity index (χ3n) is 8.35. The minimum absolute atomic E-state index is 0.172. The molecule has 3 aliphatic rings. The number of aliphatic hydroxyl groups is 1. The molecule has 0 aromatic rings. The Morgan fingerprint density at radius 3 is 2.64 bits per heavy atom. The highest BCUT2D eigenvalue weighted by Gasteiger charge is 2.50. The summed E-state index contributed by atoms with van der Waals surface area (Å²) >= 11 is 0. The summed E-state index contributed by atoms with van der Waals surface area (Å²) in [6.07, 6.45) is 18.2. The molecular formula is C27H44O. The maximum absolute atomic E-state index is 10.0. The largest absolute Gasteiger partial charge is 0.393 e. The van der Waals surface area contributed by atoms with E-state index in [4.69, 9.17) is 0 Å². The normalized spacial score (nSPS) is 37.6. The van der Waals surface area contributed by atoms with Gasteiger partial charge in [0.25, 0.3) is 0 Å². The Kier molecular flexibility index (Phi) is 7.29. The van der Waals surface area contributed by atoms with Crippen LogP contribution < -0.4 is 0 Å². The number of fused-ring (bicyclic) bond motifs is 1. The zero-order chi connectivity index (χ0) is 20.3. The molecule has 0 aromatic heterocycles. The lowest BCUT2D eigenvalue weighted by Crippen LogP contribution is -2.36. The molecule has 28 heavy (non-hydrogen) atoms. The third kappa shape index (κ3) is 4.84. The summed E-state index contributed by atoms with van der Waals surface area (Å²) in [5.41, 5.74) is 4.72. The summed E-state index contributed by atoms with van der Waals surface area (Å²) < 4.78 is 0. The molecule has 3 saturated carbocycles. The van der Waals surface area contributed by atoms with Gasteiger partial charge in [-0.2, -0.15) is 0 Å². The number of hydrogen-bond acceptors (Lipinski definition) is 1. The van der Waals surface area contributed by atoms with E-state index < -0.39 is 0 Å². The number of rotatable bonds is 6. The van der Waals surface area contributed by atoms with Crippen LogP contribution in [0, 0.1) is 29.1 Å². The summed E-state index contributed by atoms with van der Waals surface area (Å²) in [7, 11) is 0. The molecule has 0 saturated heterocycles. The van der Waals surface area contributed by atoms with Gasteiger partial charge in [0, 0.05) is 0 Å². The highest BCUT2D eigenvalue weighted by molar-refractivity contribution is 5.36. The van der Waals surface area contributed by atoms with Gasteiger partial charge in [-0.15, -0.1) is 0 Å². The van der Waals surface area contributed by atoms with Crippen molar-refractivity contribution in [2.45, 2.75) is 104 Å². The fraction of sp³-hybridized carbons (Fsp3) is 0.778. The van der Waals surface area contributed by atoms with Crippen LogP contribution in [0.1, 0.15) is 98.3 Å². The van der Waals surface area contributed by atoms with Crippen molar-refractivity contribution in [2.24, 2.45) is 29.1 Å². The monoisotopic (exact) mass is 387 g/mol. The van der Waals surface area contributed by atoms with Gasteiger partial charge in [-0.3, -0.25) is 0 Å². The van der Waals surface area contributed by atoms with Gasteiger partial charge >= 0.3 is 0 Å². The molecule has 3 fully saturated rings. The Morgan fingerprint density at radius 2 is 1.89 bits per heavy atom. The molecule has 0 aliphatic heterocycles. The van der Waals surface area contributed by atoms with E-state index in [0.717, 1.165) is 42.9 Å². The molecule has 1 N–H and O–H groups in total. The molecule has 5 atom stereocenters. The number of hydrogen-bond donors (Lipinski definition) is 1. The molecule has 0 spiro atoms. The highest BCUT2D eigenvalue weighted by atomic mass is 16.3. The van der Waals surface area contributed by atoms with E-state index >= 15 is 0 Å². The van der Waals surface area contributed by atoms with Crippen LogP contribution in [0.3, 0.4) is 0 Å². The van der Waals surface area contributed by atoms with E-state index in [2.05, 4.69) is 46.4 Å². The van der Waals surface area contributed by atoms with Crippen LogP contribution in [0.5, 0.6) is 0 Å². The van der Waals surface area contributed by atoms with Gasteiger partial charge in [-0.25, -0.2) is 0 Å². The summed E-state index contributed by atoms with van der Waals surface area (Å²) in [4.78, 5) is 0. The first kappa shape index (κ1) is 21.9. The van der Waals surface area contributed by atoms with Crippen LogP contribution in [0.4, 0.5) is 0 Å². The molecule has 3 rings (SSSR count). The second-order valence-electron chi connectivity index (χ2n) is 10.8. The van der Waals surface area contributed by atoms with E-state index in [1.807, 2.05) is 0 Å². The van der Waals surface area contributed by atoms with Crippen molar-refractivity contribution in [3.05, 3.63) is 35.5 Å². The molecule has 0 radical (unpaired) electrons. The van der Waals surface area contributed by atoms with Crippen LogP contribution in [0.15, 0.2) is 35.5 Å². The second-order valence-corrected chi connectivity index (χ2v) is 10.8. The number of allylic oxidation sites excluding steroid dienone is 4. The third-order valence-corrected chi connectivity index (χ3v) is 8.35. The van der Waals surface area contributed by atoms with Crippen LogP contribution >= 0.6 is 0 Å². The minimum atomic E-state index is -0.172. The van der Waals surface area contributed by atoms with Crippen molar-refractivity contribution in [1.29, 1.82) is 0 Å². The lowest BCUT2D eigenvalue weighted by atomic mass is 9.63. The second kappa shape index (κ2) is 9.33. The molecule has 0 amide bonds. The topological polar surface area (TPSA) is 20.2 Å². The van der Waals surface area contributed by atoms with Gasteiger partial charge in [0.2, 0.25) is 0 Å². The quantitative estimate of drug-likeness (QED) is 0.465. The average molecular weight is 388 g/mol. The Balaban J connectivity index is 1.70. The van der Waals surface area contributed by atoms with Crippen LogP contribution in [0.2, 0.25) is 0 Å². The number of aliphatic hydroxyl groups excluding tert-OH is 1. The van der Waals surface area contributed by atoms with Gasteiger partial charge in [0.15, 0.2) is 0 Å². The van der Waals surface area contributed by atoms with Crippen molar-refractivity contribution in [2.75, 3.05) is 0 Å². The first-order valence-corrected chi connectivity index (χ1v) is 12.1. The summed E-state index contributed by atoms with van der Waals surface area (Å²) in [6, 6.07) is 0. The van der Waals surface area contributed by atoms with E-state index in [1.165, 1.54) is 62.5 Å². The molecule has 0 heterocycles. The molecule has 0 bridgehead atoms. The fourth-order valence-electron chi connectivity index (χ4n) is 6.66. The standard InChI is InChI=1S/C27H44O/c1-19(2)8-6-9-21(4)25-15-16-26-22(10-7-17-27(25,26)5)12-13-23-18-24(28)14-11-20(23)3/h12-13,19,21,24-26,28H,3,6-11,14-18H2,1-2,4-5H3/b22-12-,23-13-/t21-,24+,25-,26+,27-/m1/s1/i3+1,10+1,12+1. The zero-order valence-corrected chi connectivity index (χ0v) is 19.0. The van der Waals surface area contributed by atoms with Gasteiger partial charge in [0.05, 0.1) is 6.10 Å². The van der Waals surface area contributed by atoms with Gasteiger partial charge in [-0.05, 0) is 86.0 Å². The zero-order valence-electron chi connectivity index (χ0n) is 19.0. The van der Waals surface area contributed by atoms with E-state index in [-0.39, 0.29) is 6.10 Å². The molecule has 3 aliphatic carbocycles. The summed E-state index contributed by atoms with van der Waals surface area (Å²) in [5.74, 6) is 3.37. The minimum Gasteiger partial charge on any atom is -0.393 e. The lowest BCUT2D eigenvalue weighted by Gasteiger charge is -2.44. The Labute approximate surface area is 174 Å².